The fourth-order valence-electron chi connectivity index (χ4n) is 1.88. The van der Waals surface area contributed by atoms with Crippen molar-refractivity contribution in [1.29, 1.82) is 0 Å². The third-order valence-corrected chi connectivity index (χ3v) is 3.43. The number of carbonyl (C=O) groups is 1. The molecule has 1 aromatic carbocycles. The molecule has 2 aromatic rings. The van der Waals surface area contributed by atoms with E-state index in [-0.39, 0.29) is 5.91 Å². The molecule has 1 amide bonds. The zero-order valence-corrected chi connectivity index (χ0v) is 13.6. The van der Waals surface area contributed by atoms with E-state index in [0.29, 0.717) is 35.3 Å². The number of aromatic nitrogens is 1. The minimum absolute atomic E-state index is 0.174. The van der Waals surface area contributed by atoms with Crippen LogP contribution in [0.3, 0.4) is 0 Å². The number of halogens is 2. The predicted octanol–water partition coefficient (Wildman–Crippen LogP) is 3.90. The number of aryl methyl sites for hydroxylation is 1. The molecule has 1 heterocycles. The number of hydrogen-bond acceptors (Lipinski definition) is 3. The number of nitrogens with zero attached hydrogens (tertiary/aromatic N) is 1. The summed E-state index contributed by atoms with van der Waals surface area (Å²) in [6.07, 6.45) is 2.20. The number of amides is 1. The average molecular weight is 339 g/mol. The molecule has 0 spiro atoms. The van der Waals surface area contributed by atoms with Gasteiger partial charge >= 0.3 is 0 Å². The molecular formula is C16H16Cl2N2O2. The second-order valence-corrected chi connectivity index (χ2v) is 5.56. The zero-order chi connectivity index (χ0) is 15.9. The third-order valence-electron chi connectivity index (χ3n) is 2.99. The van der Waals surface area contributed by atoms with Crippen LogP contribution >= 0.6 is 23.2 Å². The highest BCUT2D eigenvalue weighted by atomic mass is 35.5. The molecule has 0 aliphatic rings. The van der Waals surface area contributed by atoms with Crippen molar-refractivity contribution in [2.75, 3.05) is 13.2 Å². The lowest BCUT2D eigenvalue weighted by atomic mass is 10.2. The van der Waals surface area contributed by atoms with Gasteiger partial charge in [0.2, 0.25) is 0 Å². The average Bonchev–Trinajstić information content (AvgIpc) is 2.48. The van der Waals surface area contributed by atoms with Crippen LogP contribution in [-0.4, -0.2) is 24.0 Å². The second kappa shape index (κ2) is 8.01. The molecule has 4 nitrogen and oxygen atoms in total. The molecule has 6 heteroatoms. The number of nitrogens with one attached hydrogen (secondary N) is 1. The number of ether oxygens (including phenoxy) is 1. The Morgan fingerprint density at radius 2 is 2.09 bits per heavy atom. The highest BCUT2D eigenvalue weighted by Crippen LogP contribution is 2.21. The highest BCUT2D eigenvalue weighted by Gasteiger charge is 2.05. The van der Waals surface area contributed by atoms with Gasteiger partial charge in [-0.05, 0) is 49.2 Å². The van der Waals surface area contributed by atoms with Crippen molar-refractivity contribution in [3.05, 3.63) is 57.8 Å². The molecule has 1 N–H and O–H groups in total. The largest absolute Gasteiger partial charge is 0.493 e. The Morgan fingerprint density at radius 1 is 1.27 bits per heavy atom. The first-order valence-electron chi connectivity index (χ1n) is 6.85. The fourth-order valence-corrected chi connectivity index (χ4v) is 2.28. The number of pyridine rings is 1. The summed E-state index contributed by atoms with van der Waals surface area (Å²) in [6, 6.07) is 8.64. The Hall–Kier alpha value is -1.78. The zero-order valence-electron chi connectivity index (χ0n) is 12.1. The van der Waals surface area contributed by atoms with Crippen LogP contribution in [0.5, 0.6) is 5.75 Å². The molecule has 116 valence electrons. The number of hydrogen-bond donors (Lipinski definition) is 1. The normalized spacial score (nSPS) is 10.3. The lowest BCUT2D eigenvalue weighted by Gasteiger charge is -2.10. The van der Waals surface area contributed by atoms with Gasteiger partial charge in [0.15, 0.2) is 0 Å². The minimum Gasteiger partial charge on any atom is -0.493 e. The maximum atomic E-state index is 11.9. The summed E-state index contributed by atoms with van der Waals surface area (Å²) in [7, 11) is 0. The van der Waals surface area contributed by atoms with Gasteiger partial charge < -0.3 is 10.1 Å². The molecule has 0 saturated heterocycles. The molecule has 1 aromatic heterocycles. The first kappa shape index (κ1) is 16.6. The molecule has 22 heavy (non-hydrogen) atoms. The summed E-state index contributed by atoms with van der Waals surface area (Å²) >= 11 is 11.6. The second-order valence-electron chi connectivity index (χ2n) is 4.73. The Kier molecular flexibility index (Phi) is 6.04. The Balaban J connectivity index is 1.72. The summed E-state index contributed by atoms with van der Waals surface area (Å²) in [5.74, 6) is 0.628. The van der Waals surface area contributed by atoms with Gasteiger partial charge in [-0.2, -0.15) is 0 Å². The summed E-state index contributed by atoms with van der Waals surface area (Å²) < 4.78 is 5.66. The van der Waals surface area contributed by atoms with Gasteiger partial charge in [-0.3, -0.25) is 4.79 Å². The van der Waals surface area contributed by atoms with Crippen molar-refractivity contribution in [1.82, 2.24) is 10.3 Å². The molecule has 0 aliphatic carbocycles. The summed E-state index contributed by atoms with van der Waals surface area (Å²) in [5, 5.41) is 3.80. The van der Waals surface area contributed by atoms with Crippen molar-refractivity contribution >= 4 is 29.1 Å². The SMILES string of the molecule is Cc1cc(Cl)ccc1OCCCNC(=O)c1ccnc(Cl)c1. The van der Waals surface area contributed by atoms with Crippen LogP contribution in [0.15, 0.2) is 36.5 Å². The van der Waals surface area contributed by atoms with Gasteiger partial charge in [-0.25, -0.2) is 4.98 Å². The van der Waals surface area contributed by atoms with Crippen molar-refractivity contribution in [2.24, 2.45) is 0 Å². The summed E-state index contributed by atoms with van der Waals surface area (Å²) in [4.78, 5) is 15.7. The van der Waals surface area contributed by atoms with Gasteiger partial charge in [-0.15, -0.1) is 0 Å². The Labute approximate surface area is 139 Å². The van der Waals surface area contributed by atoms with Crippen LogP contribution < -0.4 is 10.1 Å². The molecule has 2 rings (SSSR count). The third kappa shape index (κ3) is 4.90. The van der Waals surface area contributed by atoms with E-state index in [2.05, 4.69) is 10.3 Å². The van der Waals surface area contributed by atoms with E-state index < -0.39 is 0 Å². The van der Waals surface area contributed by atoms with E-state index in [0.717, 1.165) is 11.3 Å². The number of benzene rings is 1. The smallest absolute Gasteiger partial charge is 0.251 e. The summed E-state index contributed by atoms with van der Waals surface area (Å²) in [6.45, 7) is 2.97. The van der Waals surface area contributed by atoms with Gasteiger partial charge in [0.05, 0.1) is 6.61 Å². The molecule has 0 bridgehead atoms. The van der Waals surface area contributed by atoms with Crippen LogP contribution in [0, 0.1) is 6.92 Å². The summed E-state index contributed by atoms with van der Waals surface area (Å²) in [5.41, 5.74) is 1.48. The highest BCUT2D eigenvalue weighted by molar-refractivity contribution is 6.30. The standard InChI is InChI=1S/C16H16Cl2N2O2/c1-11-9-13(17)3-4-14(11)22-8-2-6-20-16(21)12-5-7-19-15(18)10-12/h3-5,7,9-10H,2,6,8H2,1H3,(H,20,21). The monoisotopic (exact) mass is 338 g/mol. The molecule has 0 saturated carbocycles. The molecule has 0 atom stereocenters. The van der Waals surface area contributed by atoms with Gasteiger partial charge in [0, 0.05) is 23.3 Å². The molecular weight excluding hydrogens is 323 g/mol. The maximum Gasteiger partial charge on any atom is 0.251 e. The van der Waals surface area contributed by atoms with Crippen LogP contribution in [0.4, 0.5) is 0 Å². The van der Waals surface area contributed by atoms with Gasteiger partial charge in [0.25, 0.3) is 5.91 Å². The van der Waals surface area contributed by atoms with E-state index in [1.54, 1.807) is 12.1 Å². The Bertz CT molecular complexity index is 662. The van der Waals surface area contributed by atoms with E-state index in [9.17, 15) is 4.79 Å². The lowest BCUT2D eigenvalue weighted by Crippen LogP contribution is -2.25. The van der Waals surface area contributed by atoms with Crippen LogP contribution in [0.1, 0.15) is 22.3 Å². The van der Waals surface area contributed by atoms with E-state index in [1.165, 1.54) is 12.3 Å². The quantitative estimate of drug-likeness (QED) is 0.642. The van der Waals surface area contributed by atoms with E-state index in [1.807, 2.05) is 19.1 Å². The van der Waals surface area contributed by atoms with E-state index in [4.69, 9.17) is 27.9 Å². The maximum absolute atomic E-state index is 11.9. The molecule has 0 aliphatic heterocycles. The predicted molar refractivity (Wildman–Crippen MR) is 87.9 cm³/mol. The van der Waals surface area contributed by atoms with Crippen LogP contribution in [-0.2, 0) is 0 Å². The van der Waals surface area contributed by atoms with E-state index >= 15 is 0 Å². The number of rotatable bonds is 6. The van der Waals surface area contributed by atoms with Gasteiger partial charge in [0.1, 0.15) is 10.9 Å². The molecule has 0 unspecified atom stereocenters. The topological polar surface area (TPSA) is 51.2 Å². The lowest BCUT2D eigenvalue weighted by molar-refractivity contribution is 0.0951. The molecule has 0 fully saturated rings. The minimum atomic E-state index is -0.174. The Morgan fingerprint density at radius 3 is 2.82 bits per heavy atom. The van der Waals surface area contributed by atoms with Crippen LogP contribution in [0.25, 0.3) is 0 Å². The van der Waals surface area contributed by atoms with Crippen molar-refractivity contribution in [3.8, 4) is 5.75 Å². The van der Waals surface area contributed by atoms with Gasteiger partial charge in [-0.1, -0.05) is 23.2 Å². The van der Waals surface area contributed by atoms with Crippen molar-refractivity contribution in [3.63, 3.8) is 0 Å². The van der Waals surface area contributed by atoms with Crippen molar-refractivity contribution < 1.29 is 9.53 Å². The molecule has 0 radical (unpaired) electrons. The first-order valence-corrected chi connectivity index (χ1v) is 7.60. The fraction of sp³-hybridized carbons (Fsp3) is 0.250. The number of carbonyl (C=O) groups excluding carboxylic acids is 1. The van der Waals surface area contributed by atoms with Crippen LogP contribution in [0.2, 0.25) is 10.2 Å². The van der Waals surface area contributed by atoms with Crippen molar-refractivity contribution in [2.45, 2.75) is 13.3 Å². The first-order chi connectivity index (χ1) is 10.6.